The molecule has 0 fully saturated rings. The summed E-state index contributed by atoms with van der Waals surface area (Å²) in [7, 11) is 0. The minimum atomic E-state index is 0.0776. The first-order valence-electron chi connectivity index (χ1n) is 3.90. The van der Waals surface area contributed by atoms with E-state index in [2.05, 4.69) is 6.58 Å². The third-order valence-electron chi connectivity index (χ3n) is 1.53. The lowest BCUT2D eigenvalue weighted by Crippen LogP contribution is -1.99. The standard InChI is InChI=1S/C10H6Cl3NO/c1-6(4-14)5-15-10-3-8(12)7(11)2-9(10)13/h2-3H,1,5H2. The molecule has 0 radical (unpaired) electrons. The Labute approximate surface area is 103 Å². The van der Waals surface area contributed by atoms with Gasteiger partial charge >= 0.3 is 0 Å². The topological polar surface area (TPSA) is 33.0 Å². The van der Waals surface area contributed by atoms with Crippen molar-refractivity contribution in [3.8, 4) is 11.8 Å². The molecule has 0 aliphatic heterocycles. The monoisotopic (exact) mass is 261 g/mol. The molecule has 1 aromatic rings. The fourth-order valence-corrected chi connectivity index (χ4v) is 1.40. The van der Waals surface area contributed by atoms with Crippen molar-refractivity contribution >= 4 is 34.8 Å². The largest absolute Gasteiger partial charge is 0.487 e. The van der Waals surface area contributed by atoms with Gasteiger partial charge in [-0.25, -0.2) is 0 Å². The molecule has 0 N–H and O–H groups in total. The Balaban J connectivity index is 2.83. The minimum absolute atomic E-state index is 0.0776. The molecule has 0 atom stereocenters. The number of nitrogens with zero attached hydrogens (tertiary/aromatic N) is 1. The van der Waals surface area contributed by atoms with E-state index in [0.29, 0.717) is 26.4 Å². The summed E-state index contributed by atoms with van der Waals surface area (Å²) in [5, 5.41) is 9.51. The van der Waals surface area contributed by atoms with Crippen LogP contribution < -0.4 is 4.74 Å². The van der Waals surface area contributed by atoms with Gasteiger partial charge in [0.2, 0.25) is 0 Å². The third kappa shape index (κ3) is 3.32. The molecule has 0 heterocycles. The lowest BCUT2D eigenvalue weighted by Gasteiger charge is -2.07. The summed E-state index contributed by atoms with van der Waals surface area (Å²) in [6.07, 6.45) is 0. The van der Waals surface area contributed by atoms with E-state index in [9.17, 15) is 0 Å². The highest BCUT2D eigenvalue weighted by Crippen LogP contribution is 2.33. The summed E-state index contributed by atoms with van der Waals surface area (Å²) >= 11 is 17.4. The average Bonchev–Trinajstić information content (AvgIpc) is 2.21. The van der Waals surface area contributed by atoms with Crippen molar-refractivity contribution in [2.45, 2.75) is 0 Å². The number of halogens is 3. The predicted octanol–water partition coefficient (Wildman–Crippen LogP) is 4.11. The molecule has 0 aromatic heterocycles. The van der Waals surface area contributed by atoms with E-state index < -0.39 is 0 Å². The van der Waals surface area contributed by atoms with Gasteiger partial charge in [-0.15, -0.1) is 0 Å². The molecular formula is C10H6Cl3NO. The molecule has 1 rings (SSSR count). The van der Waals surface area contributed by atoms with Crippen molar-refractivity contribution in [3.05, 3.63) is 39.4 Å². The number of hydrogen-bond donors (Lipinski definition) is 0. The zero-order chi connectivity index (χ0) is 11.4. The molecule has 5 heteroatoms. The van der Waals surface area contributed by atoms with Crippen LogP contribution in [0.5, 0.6) is 5.75 Å². The van der Waals surface area contributed by atoms with Crippen molar-refractivity contribution in [3.63, 3.8) is 0 Å². The minimum Gasteiger partial charge on any atom is -0.487 e. The Morgan fingerprint density at radius 1 is 1.27 bits per heavy atom. The first-order chi connectivity index (χ1) is 7.04. The van der Waals surface area contributed by atoms with Crippen molar-refractivity contribution in [1.82, 2.24) is 0 Å². The summed E-state index contributed by atoms with van der Waals surface area (Å²) in [5.41, 5.74) is 0.303. The highest BCUT2D eigenvalue weighted by atomic mass is 35.5. The first-order valence-corrected chi connectivity index (χ1v) is 5.03. The highest BCUT2D eigenvalue weighted by molar-refractivity contribution is 6.43. The van der Waals surface area contributed by atoms with Crippen LogP contribution in [-0.4, -0.2) is 6.61 Å². The fraction of sp³-hybridized carbons (Fsp3) is 0.100. The maximum Gasteiger partial charge on any atom is 0.140 e. The molecule has 15 heavy (non-hydrogen) atoms. The molecule has 2 nitrogen and oxygen atoms in total. The van der Waals surface area contributed by atoms with E-state index in [1.807, 2.05) is 6.07 Å². The molecule has 1 aromatic carbocycles. The molecule has 0 bridgehead atoms. The molecule has 0 aliphatic rings. The highest BCUT2D eigenvalue weighted by Gasteiger charge is 2.07. The summed E-state index contributed by atoms with van der Waals surface area (Å²) in [5.74, 6) is 0.377. The van der Waals surface area contributed by atoms with Crippen LogP contribution in [0.15, 0.2) is 24.3 Å². The van der Waals surface area contributed by atoms with Crippen LogP contribution >= 0.6 is 34.8 Å². The summed E-state index contributed by atoms with van der Waals surface area (Å²) < 4.78 is 5.23. The number of ether oxygens (including phenoxy) is 1. The summed E-state index contributed by atoms with van der Waals surface area (Å²) in [6.45, 7) is 3.55. The summed E-state index contributed by atoms with van der Waals surface area (Å²) in [4.78, 5) is 0. The quantitative estimate of drug-likeness (QED) is 0.607. The van der Waals surface area contributed by atoms with Gasteiger partial charge < -0.3 is 4.74 Å². The smallest absolute Gasteiger partial charge is 0.140 e. The lowest BCUT2D eigenvalue weighted by atomic mass is 10.3. The third-order valence-corrected chi connectivity index (χ3v) is 2.55. The van der Waals surface area contributed by atoms with Gasteiger partial charge in [0.05, 0.1) is 26.7 Å². The number of benzene rings is 1. The maximum atomic E-state index is 8.47. The second-order valence-corrected chi connectivity index (χ2v) is 3.92. The first kappa shape index (κ1) is 12.2. The second kappa shape index (κ2) is 5.27. The molecule has 0 spiro atoms. The van der Waals surface area contributed by atoms with Crippen molar-refractivity contribution in [1.29, 1.82) is 5.26 Å². The number of hydrogen-bond acceptors (Lipinski definition) is 2. The predicted molar refractivity (Wildman–Crippen MR) is 61.7 cm³/mol. The van der Waals surface area contributed by atoms with Gasteiger partial charge in [0.1, 0.15) is 12.4 Å². The van der Waals surface area contributed by atoms with Gasteiger partial charge in [0.15, 0.2) is 0 Å². The molecular weight excluding hydrogens is 256 g/mol. The zero-order valence-corrected chi connectivity index (χ0v) is 9.83. The van der Waals surface area contributed by atoms with Gasteiger partial charge in [-0.05, 0) is 6.07 Å². The second-order valence-electron chi connectivity index (χ2n) is 2.70. The molecule has 0 unspecified atom stereocenters. The van der Waals surface area contributed by atoms with E-state index in [4.69, 9.17) is 44.8 Å². The van der Waals surface area contributed by atoms with Crippen LogP contribution in [0, 0.1) is 11.3 Å². The van der Waals surface area contributed by atoms with Crippen molar-refractivity contribution in [2.24, 2.45) is 0 Å². The van der Waals surface area contributed by atoms with E-state index in [1.165, 1.54) is 12.1 Å². The SMILES string of the molecule is C=C(C#N)COc1cc(Cl)c(Cl)cc1Cl. The van der Waals surface area contributed by atoms with Gasteiger partial charge in [0.25, 0.3) is 0 Å². The van der Waals surface area contributed by atoms with Gasteiger partial charge in [-0.2, -0.15) is 5.26 Å². The van der Waals surface area contributed by atoms with Crippen LogP contribution in [-0.2, 0) is 0 Å². The average molecular weight is 263 g/mol. The van der Waals surface area contributed by atoms with E-state index in [1.54, 1.807) is 0 Å². The Bertz CT molecular complexity index is 437. The number of rotatable bonds is 3. The van der Waals surface area contributed by atoms with Gasteiger partial charge in [0, 0.05) is 6.07 Å². The normalized spacial score (nSPS) is 9.47. The molecule has 0 saturated heterocycles. The zero-order valence-electron chi connectivity index (χ0n) is 7.56. The molecule has 0 saturated carbocycles. The van der Waals surface area contributed by atoms with E-state index >= 15 is 0 Å². The van der Waals surface area contributed by atoms with E-state index in [0.717, 1.165) is 0 Å². The molecule has 78 valence electrons. The van der Waals surface area contributed by atoms with Crippen LogP contribution in [0.25, 0.3) is 0 Å². The molecule has 0 amide bonds. The van der Waals surface area contributed by atoms with Gasteiger partial charge in [-0.1, -0.05) is 41.4 Å². The number of nitriles is 1. The van der Waals surface area contributed by atoms with Crippen molar-refractivity contribution < 1.29 is 4.74 Å². The fourth-order valence-electron chi connectivity index (χ4n) is 0.812. The Hall–Kier alpha value is -0.880. The Morgan fingerprint density at radius 2 is 1.87 bits per heavy atom. The van der Waals surface area contributed by atoms with E-state index in [-0.39, 0.29) is 6.61 Å². The molecule has 0 aliphatic carbocycles. The van der Waals surface area contributed by atoms with Crippen LogP contribution in [0.4, 0.5) is 0 Å². The van der Waals surface area contributed by atoms with Crippen LogP contribution in [0.2, 0.25) is 15.1 Å². The van der Waals surface area contributed by atoms with Crippen molar-refractivity contribution in [2.75, 3.05) is 6.61 Å². The van der Waals surface area contributed by atoms with Crippen LogP contribution in [0.3, 0.4) is 0 Å². The Kier molecular flexibility index (Phi) is 4.28. The lowest BCUT2D eigenvalue weighted by molar-refractivity contribution is 0.357. The Morgan fingerprint density at radius 3 is 2.47 bits per heavy atom. The van der Waals surface area contributed by atoms with Gasteiger partial charge in [-0.3, -0.25) is 0 Å². The maximum absolute atomic E-state index is 8.47. The van der Waals surface area contributed by atoms with Crippen LogP contribution in [0.1, 0.15) is 0 Å². The summed E-state index contributed by atoms with van der Waals surface area (Å²) in [6, 6.07) is 4.84.